The van der Waals surface area contributed by atoms with Crippen LogP contribution in [-0.2, 0) is 0 Å². The van der Waals surface area contributed by atoms with Crippen molar-refractivity contribution in [1.82, 2.24) is 9.47 Å². The number of carbonyl (C=O) groups is 1. The molecule has 2 aromatic carbocycles. The maximum Gasteiger partial charge on any atom is 0.256 e. The highest BCUT2D eigenvalue weighted by atomic mass is 32.1. The molecule has 5 nitrogen and oxygen atoms in total. The van der Waals surface area contributed by atoms with Crippen molar-refractivity contribution in [2.45, 2.75) is 12.5 Å². The van der Waals surface area contributed by atoms with E-state index >= 15 is 0 Å². The number of pyridine rings is 1. The van der Waals surface area contributed by atoms with Crippen LogP contribution in [0.5, 0.6) is 0 Å². The molecule has 1 aliphatic heterocycles. The van der Waals surface area contributed by atoms with Gasteiger partial charge in [-0.1, -0.05) is 59.9 Å². The van der Waals surface area contributed by atoms with Gasteiger partial charge in [-0.15, -0.1) is 0 Å². The molecular formula is C25H23N3O2S. The number of likely N-dealkylation sites (tertiary alicyclic amines) is 1. The SMILES string of the molecule is CN1CC[C@@H](Nc2sc3c(ccc(=O)n3-c3ccccc3)c2C(=O)c2ccccc2)C1. The Kier molecular flexibility index (Phi) is 5.18. The molecule has 0 bridgehead atoms. The maximum absolute atomic E-state index is 13.6. The zero-order chi connectivity index (χ0) is 21.4. The third kappa shape index (κ3) is 3.69. The summed E-state index contributed by atoms with van der Waals surface area (Å²) in [5.74, 6) is -0.0287. The molecule has 0 amide bonds. The van der Waals surface area contributed by atoms with Gasteiger partial charge in [0.2, 0.25) is 0 Å². The molecule has 1 fully saturated rings. The molecule has 5 rings (SSSR count). The van der Waals surface area contributed by atoms with Gasteiger partial charge in [-0.2, -0.15) is 0 Å². The molecule has 31 heavy (non-hydrogen) atoms. The molecule has 1 N–H and O–H groups in total. The first-order valence-electron chi connectivity index (χ1n) is 10.4. The van der Waals surface area contributed by atoms with Crippen molar-refractivity contribution >= 4 is 32.3 Å². The molecule has 4 aromatic rings. The van der Waals surface area contributed by atoms with Crippen molar-refractivity contribution in [3.63, 3.8) is 0 Å². The van der Waals surface area contributed by atoms with Crippen LogP contribution >= 0.6 is 11.3 Å². The normalized spacial score (nSPS) is 16.6. The van der Waals surface area contributed by atoms with E-state index in [1.807, 2.05) is 60.7 Å². The van der Waals surface area contributed by atoms with Gasteiger partial charge in [0.05, 0.1) is 11.3 Å². The largest absolute Gasteiger partial charge is 0.372 e. The lowest BCUT2D eigenvalue weighted by atomic mass is 10.0. The number of carbonyl (C=O) groups excluding carboxylic acids is 1. The van der Waals surface area contributed by atoms with Crippen molar-refractivity contribution < 1.29 is 4.79 Å². The maximum atomic E-state index is 13.6. The number of benzene rings is 2. The van der Waals surface area contributed by atoms with Crippen molar-refractivity contribution in [2.24, 2.45) is 0 Å². The summed E-state index contributed by atoms with van der Waals surface area (Å²) in [4.78, 5) is 29.5. The molecule has 3 heterocycles. The second-order valence-corrected chi connectivity index (χ2v) is 8.95. The van der Waals surface area contributed by atoms with Gasteiger partial charge in [-0.25, -0.2) is 0 Å². The van der Waals surface area contributed by atoms with Crippen LogP contribution in [0.25, 0.3) is 15.9 Å². The topological polar surface area (TPSA) is 54.3 Å². The smallest absolute Gasteiger partial charge is 0.256 e. The van der Waals surface area contributed by atoms with E-state index in [1.54, 1.807) is 16.7 Å². The summed E-state index contributed by atoms with van der Waals surface area (Å²) in [6.45, 7) is 1.96. The van der Waals surface area contributed by atoms with Gasteiger partial charge in [-0.05, 0) is 38.2 Å². The predicted octanol–water partition coefficient (Wildman–Crippen LogP) is 4.40. The lowest BCUT2D eigenvalue weighted by molar-refractivity contribution is 0.104. The summed E-state index contributed by atoms with van der Waals surface area (Å²) < 4.78 is 1.70. The van der Waals surface area contributed by atoms with E-state index in [1.165, 1.54) is 11.3 Å². The highest BCUT2D eigenvalue weighted by Crippen LogP contribution is 2.38. The minimum Gasteiger partial charge on any atom is -0.372 e. The van der Waals surface area contributed by atoms with Crippen LogP contribution in [0.2, 0.25) is 0 Å². The van der Waals surface area contributed by atoms with Gasteiger partial charge in [0.15, 0.2) is 5.78 Å². The summed E-state index contributed by atoms with van der Waals surface area (Å²) in [6, 6.07) is 22.5. The average Bonchev–Trinajstić information content (AvgIpc) is 3.37. The Morgan fingerprint density at radius 1 is 1.00 bits per heavy atom. The molecule has 1 saturated heterocycles. The minimum atomic E-state index is -0.106. The number of rotatable bonds is 5. The lowest BCUT2D eigenvalue weighted by Crippen LogP contribution is -2.23. The van der Waals surface area contributed by atoms with Gasteiger partial charge < -0.3 is 10.2 Å². The van der Waals surface area contributed by atoms with Gasteiger partial charge in [0.1, 0.15) is 9.83 Å². The quantitative estimate of drug-likeness (QED) is 0.478. The molecule has 1 aliphatic rings. The fraction of sp³-hybridized carbons (Fsp3) is 0.200. The fourth-order valence-corrected chi connectivity index (χ4v) is 5.49. The van der Waals surface area contributed by atoms with E-state index in [-0.39, 0.29) is 17.4 Å². The first kappa shape index (κ1) is 19.7. The highest BCUT2D eigenvalue weighted by molar-refractivity contribution is 7.23. The third-order valence-electron chi connectivity index (χ3n) is 5.75. The first-order valence-corrected chi connectivity index (χ1v) is 11.2. The van der Waals surface area contributed by atoms with Crippen LogP contribution in [0.3, 0.4) is 0 Å². The number of ketones is 1. The molecule has 0 radical (unpaired) electrons. The zero-order valence-electron chi connectivity index (χ0n) is 17.2. The van der Waals surface area contributed by atoms with Crippen molar-refractivity contribution in [1.29, 1.82) is 0 Å². The van der Waals surface area contributed by atoms with Gasteiger partial charge in [-0.3, -0.25) is 14.2 Å². The molecule has 0 saturated carbocycles. The monoisotopic (exact) mass is 429 g/mol. The van der Waals surface area contributed by atoms with E-state index in [4.69, 9.17) is 0 Å². The average molecular weight is 430 g/mol. The number of hydrogen-bond acceptors (Lipinski definition) is 5. The fourth-order valence-electron chi connectivity index (χ4n) is 4.20. The summed E-state index contributed by atoms with van der Waals surface area (Å²) >= 11 is 1.48. The Morgan fingerprint density at radius 2 is 1.71 bits per heavy atom. The van der Waals surface area contributed by atoms with Crippen LogP contribution in [0.4, 0.5) is 5.00 Å². The first-order chi connectivity index (χ1) is 15.1. The van der Waals surface area contributed by atoms with Crippen LogP contribution in [-0.4, -0.2) is 41.4 Å². The third-order valence-corrected chi connectivity index (χ3v) is 6.87. The second kappa shape index (κ2) is 8.13. The van der Waals surface area contributed by atoms with Gasteiger partial charge in [0, 0.05) is 29.6 Å². The van der Waals surface area contributed by atoms with Crippen LogP contribution in [0.1, 0.15) is 22.3 Å². The van der Waals surface area contributed by atoms with Crippen molar-refractivity contribution in [3.05, 3.63) is 94.3 Å². The summed E-state index contributed by atoms with van der Waals surface area (Å²) in [6.07, 6.45) is 1.02. The van der Waals surface area contributed by atoms with Crippen molar-refractivity contribution in [3.8, 4) is 5.69 Å². The summed E-state index contributed by atoms with van der Waals surface area (Å²) in [5, 5.41) is 5.25. The number of nitrogens with zero attached hydrogens (tertiary/aromatic N) is 2. The van der Waals surface area contributed by atoms with E-state index in [0.29, 0.717) is 11.1 Å². The molecule has 156 valence electrons. The molecule has 2 aromatic heterocycles. The minimum absolute atomic E-state index is 0.0287. The Labute approximate surface area is 184 Å². The zero-order valence-corrected chi connectivity index (χ0v) is 18.1. The van der Waals surface area contributed by atoms with Gasteiger partial charge in [0.25, 0.3) is 5.56 Å². The number of nitrogens with one attached hydrogen (secondary N) is 1. The summed E-state index contributed by atoms with van der Waals surface area (Å²) in [7, 11) is 2.11. The van der Waals surface area contributed by atoms with Crippen molar-refractivity contribution in [2.75, 3.05) is 25.5 Å². The molecule has 0 unspecified atom stereocenters. The number of likely N-dealkylation sites (N-methyl/N-ethyl adjacent to an activating group) is 1. The molecule has 0 aliphatic carbocycles. The van der Waals surface area contributed by atoms with E-state index < -0.39 is 0 Å². The Balaban J connectivity index is 1.71. The number of hydrogen-bond donors (Lipinski definition) is 1. The summed E-state index contributed by atoms with van der Waals surface area (Å²) in [5.41, 5.74) is 1.98. The molecule has 0 spiro atoms. The lowest BCUT2D eigenvalue weighted by Gasteiger charge is -2.14. The van der Waals surface area contributed by atoms with E-state index in [2.05, 4.69) is 17.3 Å². The number of para-hydroxylation sites is 1. The predicted molar refractivity (Wildman–Crippen MR) is 127 cm³/mol. The Bertz CT molecular complexity index is 1300. The van der Waals surface area contributed by atoms with E-state index in [0.717, 1.165) is 40.4 Å². The van der Waals surface area contributed by atoms with Crippen LogP contribution < -0.4 is 10.9 Å². The Hall–Kier alpha value is -3.22. The number of anilines is 1. The van der Waals surface area contributed by atoms with Crippen LogP contribution in [0.15, 0.2) is 77.6 Å². The number of aromatic nitrogens is 1. The molecule has 1 atom stereocenters. The van der Waals surface area contributed by atoms with Gasteiger partial charge >= 0.3 is 0 Å². The Morgan fingerprint density at radius 3 is 2.39 bits per heavy atom. The number of fused-ring (bicyclic) bond motifs is 1. The second-order valence-electron chi connectivity index (χ2n) is 7.95. The molecular weight excluding hydrogens is 406 g/mol. The van der Waals surface area contributed by atoms with Crippen LogP contribution in [0, 0.1) is 0 Å². The molecule has 6 heteroatoms. The van der Waals surface area contributed by atoms with E-state index in [9.17, 15) is 9.59 Å². The highest BCUT2D eigenvalue weighted by Gasteiger charge is 2.26. The number of thiophene rings is 1. The standard InChI is InChI=1S/C25H23N3O2S/c1-27-15-14-18(16-27)26-24-22(23(30)17-8-4-2-5-9-17)20-12-13-21(29)28(25(20)31-24)19-10-6-3-7-11-19/h2-13,18,26H,14-16H2,1H3/t18-/m1/s1.